The van der Waals surface area contributed by atoms with E-state index < -0.39 is 7.37 Å². The summed E-state index contributed by atoms with van der Waals surface area (Å²) in [5, 5.41) is 0. The predicted octanol–water partition coefficient (Wildman–Crippen LogP) is 5.85. The monoisotopic (exact) mass is 276 g/mol. The van der Waals surface area contributed by atoms with Crippen LogP contribution in [0.2, 0.25) is 0 Å². The Morgan fingerprint density at radius 2 is 1.11 bits per heavy atom. The molecule has 0 aliphatic heterocycles. The molecule has 0 bridgehead atoms. The van der Waals surface area contributed by atoms with Crippen molar-refractivity contribution in [2.45, 2.75) is 78.1 Å². The minimum Gasteiger partial charge on any atom is -0.332 e. The summed E-state index contributed by atoms with van der Waals surface area (Å²) in [6, 6.07) is 0. The zero-order chi connectivity index (χ0) is 13.7. The maximum Gasteiger partial charge on any atom is 0.202 e. The topological polar surface area (TPSA) is 26.3 Å². The van der Waals surface area contributed by atoms with Crippen LogP contribution in [0.1, 0.15) is 78.1 Å². The second-order valence-electron chi connectivity index (χ2n) is 5.27. The highest BCUT2D eigenvalue weighted by atomic mass is 31.2. The van der Waals surface area contributed by atoms with Gasteiger partial charge in [-0.25, -0.2) is 0 Å². The molecule has 1 unspecified atom stereocenters. The van der Waals surface area contributed by atoms with E-state index >= 15 is 0 Å². The van der Waals surface area contributed by atoms with E-state index in [0.29, 0.717) is 0 Å². The molecule has 110 valence electrons. The maximum absolute atomic E-state index is 12.4. The molecule has 0 amide bonds. The van der Waals surface area contributed by atoms with Crippen molar-refractivity contribution in [2.75, 3.05) is 19.4 Å². The average molecular weight is 276 g/mol. The highest BCUT2D eigenvalue weighted by Crippen LogP contribution is 2.47. The zero-order valence-electron chi connectivity index (χ0n) is 12.7. The molecule has 1 atom stereocenters. The molecular weight excluding hydrogens is 243 g/mol. The average Bonchev–Trinajstić information content (AvgIpc) is 2.39. The summed E-state index contributed by atoms with van der Waals surface area (Å²) in [4.78, 5) is 0. The standard InChI is InChI=1S/C15H33O2P/c1-4-6-8-10-11-13-15-18(16,17-3)14-12-9-7-5-2/h4-15H2,1-3H3. The van der Waals surface area contributed by atoms with Crippen LogP contribution < -0.4 is 0 Å². The van der Waals surface area contributed by atoms with Crippen LogP contribution in [0, 0.1) is 0 Å². The van der Waals surface area contributed by atoms with Gasteiger partial charge in [0.05, 0.1) is 0 Å². The van der Waals surface area contributed by atoms with E-state index in [-0.39, 0.29) is 0 Å². The highest BCUT2D eigenvalue weighted by Gasteiger charge is 2.19. The van der Waals surface area contributed by atoms with Crippen molar-refractivity contribution in [3.05, 3.63) is 0 Å². The van der Waals surface area contributed by atoms with Crippen LogP contribution in [0.5, 0.6) is 0 Å². The highest BCUT2D eigenvalue weighted by molar-refractivity contribution is 7.58. The molecule has 0 aromatic carbocycles. The van der Waals surface area contributed by atoms with E-state index in [2.05, 4.69) is 13.8 Å². The minimum absolute atomic E-state index is 0.790. The lowest BCUT2D eigenvalue weighted by atomic mass is 10.1. The van der Waals surface area contributed by atoms with Crippen molar-refractivity contribution in [3.63, 3.8) is 0 Å². The molecule has 0 aliphatic rings. The summed E-state index contributed by atoms with van der Waals surface area (Å²) in [5.74, 6) is 0. The molecule has 18 heavy (non-hydrogen) atoms. The normalized spacial score (nSPS) is 14.6. The van der Waals surface area contributed by atoms with Crippen molar-refractivity contribution in [2.24, 2.45) is 0 Å². The van der Waals surface area contributed by atoms with Gasteiger partial charge in [-0.15, -0.1) is 0 Å². The van der Waals surface area contributed by atoms with Crippen LogP contribution in [-0.2, 0) is 9.09 Å². The molecule has 0 saturated heterocycles. The molecule has 0 spiro atoms. The van der Waals surface area contributed by atoms with Crippen LogP contribution in [0.15, 0.2) is 0 Å². The molecule has 0 rings (SSSR count). The number of rotatable bonds is 13. The van der Waals surface area contributed by atoms with Crippen LogP contribution >= 0.6 is 7.37 Å². The van der Waals surface area contributed by atoms with Gasteiger partial charge >= 0.3 is 0 Å². The minimum atomic E-state index is -2.30. The first-order valence-corrected chi connectivity index (χ1v) is 9.82. The van der Waals surface area contributed by atoms with Crippen molar-refractivity contribution in [1.29, 1.82) is 0 Å². The molecule has 0 saturated carbocycles. The van der Waals surface area contributed by atoms with Gasteiger partial charge in [0.1, 0.15) is 0 Å². The fourth-order valence-corrected chi connectivity index (χ4v) is 4.21. The summed E-state index contributed by atoms with van der Waals surface area (Å²) in [7, 11) is -0.673. The maximum atomic E-state index is 12.4. The molecule has 0 radical (unpaired) electrons. The zero-order valence-corrected chi connectivity index (χ0v) is 13.6. The fraction of sp³-hybridized carbons (Fsp3) is 1.00. The lowest BCUT2D eigenvalue weighted by molar-refractivity contribution is 0.389. The van der Waals surface area contributed by atoms with Gasteiger partial charge in [-0.05, 0) is 12.8 Å². The molecule has 0 N–H and O–H groups in total. The first-order valence-electron chi connectivity index (χ1n) is 7.82. The third-order valence-corrected chi connectivity index (χ3v) is 6.20. The number of hydrogen-bond donors (Lipinski definition) is 0. The van der Waals surface area contributed by atoms with Crippen molar-refractivity contribution >= 4 is 7.37 Å². The summed E-state index contributed by atoms with van der Waals surface area (Å²) in [5.41, 5.74) is 0. The third-order valence-electron chi connectivity index (χ3n) is 3.54. The van der Waals surface area contributed by atoms with Crippen molar-refractivity contribution in [3.8, 4) is 0 Å². The largest absolute Gasteiger partial charge is 0.332 e. The Hall–Kier alpha value is 0.190. The Morgan fingerprint density at radius 1 is 0.722 bits per heavy atom. The summed E-state index contributed by atoms with van der Waals surface area (Å²) in [6.45, 7) is 4.43. The Kier molecular flexibility index (Phi) is 12.4. The Balaban J connectivity index is 3.62. The molecule has 0 fully saturated rings. The van der Waals surface area contributed by atoms with E-state index in [0.717, 1.165) is 25.2 Å². The molecular formula is C15H33O2P. The lowest BCUT2D eigenvalue weighted by Crippen LogP contribution is -1.98. The first kappa shape index (κ1) is 18.2. The van der Waals surface area contributed by atoms with E-state index in [1.165, 1.54) is 51.4 Å². The Labute approximate surface area is 114 Å². The molecule has 0 aliphatic carbocycles. The Morgan fingerprint density at radius 3 is 1.56 bits per heavy atom. The third kappa shape index (κ3) is 10.1. The second-order valence-corrected chi connectivity index (χ2v) is 8.16. The predicted molar refractivity (Wildman–Crippen MR) is 81.9 cm³/mol. The van der Waals surface area contributed by atoms with Crippen LogP contribution in [0.3, 0.4) is 0 Å². The van der Waals surface area contributed by atoms with Crippen LogP contribution in [0.25, 0.3) is 0 Å². The summed E-state index contributed by atoms with van der Waals surface area (Å²) in [6.07, 6.45) is 13.8. The molecule has 0 aromatic rings. The van der Waals surface area contributed by atoms with Gasteiger partial charge < -0.3 is 4.52 Å². The van der Waals surface area contributed by atoms with Gasteiger partial charge in [0.2, 0.25) is 7.37 Å². The van der Waals surface area contributed by atoms with Crippen LogP contribution in [0.4, 0.5) is 0 Å². The first-order chi connectivity index (χ1) is 8.68. The second kappa shape index (κ2) is 12.2. The van der Waals surface area contributed by atoms with Gasteiger partial charge in [0.15, 0.2) is 0 Å². The SMILES string of the molecule is CCCCCCCCP(=O)(CCCCCC)OC. The smallest absolute Gasteiger partial charge is 0.202 e. The van der Waals surface area contributed by atoms with E-state index in [4.69, 9.17) is 4.52 Å². The van der Waals surface area contributed by atoms with Gasteiger partial charge in [-0.1, -0.05) is 65.2 Å². The van der Waals surface area contributed by atoms with Crippen molar-refractivity contribution in [1.82, 2.24) is 0 Å². The number of unbranched alkanes of at least 4 members (excludes halogenated alkanes) is 8. The van der Waals surface area contributed by atoms with E-state index in [1.54, 1.807) is 7.11 Å². The van der Waals surface area contributed by atoms with Gasteiger partial charge in [0.25, 0.3) is 0 Å². The summed E-state index contributed by atoms with van der Waals surface area (Å²) >= 11 is 0. The lowest BCUT2D eigenvalue weighted by Gasteiger charge is -2.16. The fourth-order valence-electron chi connectivity index (χ4n) is 2.21. The van der Waals surface area contributed by atoms with Crippen molar-refractivity contribution < 1.29 is 9.09 Å². The van der Waals surface area contributed by atoms with E-state index in [9.17, 15) is 4.57 Å². The quantitative estimate of drug-likeness (QED) is 0.311. The molecule has 2 nitrogen and oxygen atoms in total. The van der Waals surface area contributed by atoms with Gasteiger partial charge in [-0.2, -0.15) is 0 Å². The van der Waals surface area contributed by atoms with Gasteiger partial charge in [-0.3, -0.25) is 4.57 Å². The van der Waals surface area contributed by atoms with Crippen LogP contribution in [-0.4, -0.2) is 19.4 Å². The van der Waals surface area contributed by atoms with E-state index in [1.807, 2.05) is 0 Å². The van der Waals surface area contributed by atoms with Gasteiger partial charge in [0, 0.05) is 19.4 Å². The molecule has 0 aromatic heterocycles. The molecule has 0 heterocycles. The number of hydrogen-bond acceptors (Lipinski definition) is 2. The Bertz CT molecular complexity index is 217. The summed E-state index contributed by atoms with van der Waals surface area (Å²) < 4.78 is 17.7. The molecule has 3 heteroatoms.